The zero-order chi connectivity index (χ0) is 16.4. The molecule has 0 unspecified atom stereocenters. The van der Waals surface area contributed by atoms with Gasteiger partial charge >= 0.3 is 0 Å². The van der Waals surface area contributed by atoms with Crippen LogP contribution in [0.1, 0.15) is 41.6 Å². The zero-order valence-electron chi connectivity index (χ0n) is 13.6. The molecule has 24 heavy (non-hydrogen) atoms. The molecule has 1 saturated carbocycles. The molecule has 4 rings (SSSR count). The van der Waals surface area contributed by atoms with Crippen LogP contribution in [-0.4, -0.2) is 19.2 Å². The minimum Gasteiger partial charge on any atom is -0.454 e. The van der Waals surface area contributed by atoms with Gasteiger partial charge in [0, 0.05) is 17.5 Å². The molecule has 1 amide bonds. The fourth-order valence-corrected chi connectivity index (χ4v) is 3.80. The summed E-state index contributed by atoms with van der Waals surface area (Å²) in [5.74, 6) is 1.28. The van der Waals surface area contributed by atoms with Gasteiger partial charge in [-0.15, -0.1) is 0 Å². The highest BCUT2D eigenvalue weighted by Gasteiger charge is 2.35. The number of carbonyl (C=O) groups is 1. The van der Waals surface area contributed by atoms with Crippen LogP contribution in [0.2, 0.25) is 0 Å². The van der Waals surface area contributed by atoms with E-state index >= 15 is 0 Å². The molecule has 0 spiro atoms. The molecule has 0 atom stereocenters. The maximum atomic E-state index is 12.6. The average Bonchev–Trinajstić information content (AvgIpc) is 3.30. The summed E-state index contributed by atoms with van der Waals surface area (Å²) in [5, 5.41) is 3.14. The summed E-state index contributed by atoms with van der Waals surface area (Å²) in [6.07, 6.45) is 4.68. The van der Waals surface area contributed by atoms with E-state index in [9.17, 15) is 4.79 Å². The van der Waals surface area contributed by atoms with Crippen LogP contribution in [0.3, 0.4) is 0 Å². The third kappa shape index (κ3) is 2.73. The van der Waals surface area contributed by atoms with Crippen molar-refractivity contribution in [3.05, 3.63) is 59.7 Å². The topological polar surface area (TPSA) is 47.6 Å². The van der Waals surface area contributed by atoms with E-state index < -0.39 is 0 Å². The lowest BCUT2D eigenvalue weighted by molar-refractivity contribution is 0.0942. The van der Waals surface area contributed by atoms with Gasteiger partial charge in [0.2, 0.25) is 6.79 Å². The lowest BCUT2D eigenvalue weighted by Crippen LogP contribution is -2.39. The first-order valence-electron chi connectivity index (χ1n) is 8.50. The van der Waals surface area contributed by atoms with Gasteiger partial charge < -0.3 is 14.8 Å². The smallest absolute Gasteiger partial charge is 0.251 e. The highest BCUT2D eigenvalue weighted by Crippen LogP contribution is 2.40. The van der Waals surface area contributed by atoms with Crippen LogP contribution >= 0.6 is 0 Å². The van der Waals surface area contributed by atoms with Gasteiger partial charge in [0.15, 0.2) is 11.5 Å². The molecule has 2 aromatic rings. The predicted octanol–water partition coefficient (Wildman–Crippen LogP) is 3.66. The zero-order valence-corrected chi connectivity index (χ0v) is 13.6. The average molecular weight is 323 g/mol. The van der Waals surface area contributed by atoms with Gasteiger partial charge in [-0.1, -0.05) is 43.2 Å². The Morgan fingerprint density at radius 2 is 1.75 bits per heavy atom. The normalized spacial score (nSPS) is 17.7. The molecule has 1 N–H and O–H groups in total. The molecule has 4 heteroatoms. The Bertz CT molecular complexity index is 736. The van der Waals surface area contributed by atoms with Crippen molar-refractivity contribution in [2.75, 3.05) is 13.3 Å². The Balaban J connectivity index is 1.49. The van der Waals surface area contributed by atoms with Crippen LogP contribution in [0.15, 0.2) is 48.5 Å². The Hall–Kier alpha value is -2.49. The van der Waals surface area contributed by atoms with Crippen molar-refractivity contribution in [3.8, 4) is 11.5 Å². The number of hydrogen-bond acceptors (Lipinski definition) is 3. The monoisotopic (exact) mass is 323 g/mol. The summed E-state index contributed by atoms with van der Waals surface area (Å²) in [7, 11) is 0. The van der Waals surface area contributed by atoms with Gasteiger partial charge in [0.25, 0.3) is 5.91 Å². The Morgan fingerprint density at radius 3 is 2.54 bits per heavy atom. The fraction of sp³-hybridized carbons (Fsp3) is 0.350. The van der Waals surface area contributed by atoms with Crippen LogP contribution in [0.25, 0.3) is 0 Å². The molecule has 4 nitrogen and oxygen atoms in total. The van der Waals surface area contributed by atoms with Crippen LogP contribution in [0.4, 0.5) is 0 Å². The van der Waals surface area contributed by atoms with Crippen molar-refractivity contribution in [1.82, 2.24) is 5.32 Å². The SMILES string of the molecule is O=C(NCC1(c2ccccc2)CCCC1)c1ccc2c(c1)OCO2. The number of ether oxygens (including phenoxy) is 2. The summed E-state index contributed by atoms with van der Waals surface area (Å²) in [5.41, 5.74) is 2.00. The van der Waals surface area contributed by atoms with Crippen molar-refractivity contribution in [2.24, 2.45) is 0 Å². The van der Waals surface area contributed by atoms with Gasteiger partial charge in [-0.25, -0.2) is 0 Å². The van der Waals surface area contributed by atoms with E-state index in [4.69, 9.17) is 9.47 Å². The second-order valence-corrected chi connectivity index (χ2v) is 6.60. The summed E-state index contributed by atoms with van der Waals surface area (Å²) < 4.78 is 10.6. The molecule has 2 aromatic carbocycles. The van der Waals surface area contributed by atoms with Gasteiger partial charge in [-0.05, 0) is 36.6 Å². The van der Waals surface area contributed by atoms with E-state index in [1.54, 1.807) is 18.2 Å². The van der Waals surface area contributed by atoms with Crippen molar-refractivity contribution in [1.29, 1.82) is 0 Å². The summed E-state index contributed by atoms with van der Waals surface area (Å²) >= 11 is 0. The molecule has 1 heterocycles. The third-order valence-electron chi connectivity index (χ3n) is 5.17. The standard InChI is InChI=1S/C20H21NO3/c22-19(15-8-9-17-18(12-15)24-14-23-17)21-13-20(10-4-5-11-20)16-6-2-1-3-7-16/h1-3,6-9,12H,4-5,10-11,13-14H2,(H,21,22). The van der Waals surface area contributed by atoms with Crippen LogP contribution in [0.5, 0.6) is 11.5 Å². The van der Waals surface area contributed by atoms with Crippen molar-refractivity contribution >= 4 is 5.91 Å². The maximum absolute atomic E-state index is 12.6. The number of hydrogen-bond donors (Lipinski definition) is 1. The van der Waals surface area contributed by atoms with Crippen LogP contribution < -0.4 is 14.8 Å². The quantitative estimate of drug-likeness (QED) is 0.934. The van der Waals surface area contributed by atoms with Crippen LogP contribution in [0, 0.1) is 0 Å². The van der Waals surface area contributed by atoms with E-state index in [0.29, 0.717) is 23.6 Å². The first kappa shape index (κ1) is 15.1. The summed E-state index contributed by atoms with van der Waals surface area (Å²) in [6, 6.07) is 15.9. The Kier molecular flexibility index (Phi) is 3.89. The number of carbonyl (C=O) groups excluding carboxylic acids is 1. The number of fused-ring (bicyclic) bond motifs is 1. The van der Waals surface area contributed by atoms with Crippen molar-refractivity contribution < 1.29 is 14.3 Å². The summed E-state index contributed by atoms with van der Waals surface area (Å²) in [4.78, 5) is 12.6. The van der Waals surface area contributed by atoms with E-state index in [1.807, 2.05) is 6.07 Å². The predicted molar refractivity (Wildman–Crippen MR) is 91.5 cm³/mol. The first-order valence-corrected chi connectivity index (χ1v) is 8.50. The first-order chi connectivity index (χ1) is 11.8. The van der Waals surface area contributed by atoms with Gasteiger partial charge in [0.05, 0.1) is 0 Å². The second kappa shape index (κ2) is 6.19. The van der Waals surface area contributed by atoms with E-state index in [1.165, 1.54) is 18.4 Å². The largest absolute Gasteiger partial charge is 0.454 e. The summed E-state index contributed by atoms with van der Waals surface area (Å²) in [6.45, 7) is 0.891. The number of rotatable bonds is 4. The molecule has 0 aromatic heterocycles. The van der Waals surface area contributed by atoms with Gasteiger partial charge in [-0.2, -0.15) is 0 Å². The molecule has 1 aliphatic heterocycles. The molecule has 1 fully saturated rings. The van der Waals surface area contributed by atoms with E-state index in [0.717, 1.165) is 12.8 Å². The Morgan fingerprint density at radius 1 is 1.00 bits per heavy atom. The molecule has 0 radical (unpaired) electrons. The van der Waals surface area contributed by atoms with Crippen LogP contribution in [-0.2, 0) is 5.41 Å². The molecule has 1 aliphatic carbocycles. The minimum absolute atomic E-state index is 0.0597. The molecule has 0 bridgehead atoms. The lowest BCUT2D eigenvalue weighted by atomic mass is 9.79. The highest BCUT2D eigenvalue weighted by atomic mass is 16.7. The third-order valence-corrected chi connectivity index (χ3v) is 5.17. The number of nitrogens with one attached hydrogen (secondary N) is 1. The molecule has 0 saturated heterocycles. The molecular weight excluding hydrogens is 302 g/mol. The van der Waals surface area contributed by atoms with E-state index in [2.05, 4.69) is 29.6 Å². The highest BCUT2D eigenvalue weighted by molar-refractivity contribution is 5.95. The second-order valence-electron chi connectivity index (χ2n) is 6.60. The lowest BCUT2D eigenvalue weighted by Gasteiger charge is -2.30. The number of benzene rings is 2. The maximum Gasteiger partial charge on any atom is 0.251 e. The van der Waals surface area contributed by atoms with Gasteiger partial charge in [-0.3, -0.25) is 4.79 Å². The van der Waals surface area contributed by atoms with E-state index in [-0.39, 0.29) is 18.1 Å². The fourth-order valence-electron chi connectivity index (χ4n) is 3.80. The molecule has 2 aliphatic rings. The molecular formula is C20H21NO3. The van der Waals surface area contributed by atoms with Crippen molar-refractivity contribution in [3.63, 3.8) is 0 Å². The minimum atomic E-state index is -0.0597. The Labute approximate surface area is 141 Å². The number of amides is 1. The van der Waals surface area contributed by atoms with Crippen molar-refractivity contribution in [2.45, 2.75) is 31.1 Å². The molecule has 124 valence electrons. The van der Waals surface area contributed by atoms with Gasteiger partial charge in [0.1, 0.15) is 0 Å².